The Morgan fingerprint density at radius 1 is 1.34 bits per heavy atom. The van der Waals surface area contributed by atoms with E-state index >= 15 is 0 Å². The molecule has 0 bridgehead atoms. The Morgan fingerprint density at radius 3 is 2.84 bits per heavy atom. The van der Waals surface area contributed by atoms with Crippen molar-refractivity contribution in [2.75, 3.05) is 5.32 Å². The fourth-order valence-corrected chi connectivity index (χ4v) is 5.12. The van der Waals surface area contributed by atoms with Gasteiger partial charge in [0.05, 0.1) is 22.1 Å². The van der Waals surface area contributed by atoms with Crippen LogP contribution in [0.1, 0.15) is 47.7 Å². The van der Waals surface area contributed by atoms with E-state index in [0.717, 1.165) is 23.3 Å². The van der Waals surface area contributed by atoms with Crippen molar-refractivity contribution >= 4 is 50.6 Å². The number of anilines is 2. The van der Waals surface area contributed by atoms with Crippen LogP contribution in [-0.4, -0.2) is 36.8 Å². The summed E-state index contributed by atoms with van der Waals surface area (Å²) in [5, 5.41) is 47.0. The lowest BCUT2D eigenvalue weighted by atomic mass is 10.1. The summed E-state index contributed by atoms with van der Waals surface area (Å²) < 4.78 is 5.21. The number of nitrogens with zero attached hydrogens (tertiary/aromatic N) is 4. The predicted molar refractivity (Wildman–Crippen MR) is 143 cm³/mol. The maximum Gasteiger partial charge on any atom is 0.284 e. The number of rotatable bonds is 8. The summed E-state index contributed by atoms with van der Waals surface area (Å²) in [6.07, 6.45) is 4.82. The van der Waals surface area contributed by atoms with Crippen LogP contribution in [-0.2, 0) is 0 Å². The highest BCUT2D eigenvalue weighted by molar-refractivity contribution is 7.11. The minimum absolute atomic E-state index is 0.00409. The summed E-state index contributed by atoms with van der Waals surface area (Å²) in [5.41, 5.74) is 0.756. The van der Waals surface area contributed by atoms with Crippen molar-refractivity contribution in [3.05, 3.63) is 75.5 Å². The Hall–Kier alpha value is -4.76. The van der Waals surface area contributed by atoms with E-state index in [1.54, 1.807) is 24.3 Å². The summed E-state index contributed by atoms with van der Waals surface area (Å²) >= 11 is 0.921. The first kappa shape index (κ1) is 24.9. The van der Waals surface area contributed by atoms with Crippen LogP contribution < -0.4 is 10.6 Å². The number of carbonyl (C=O) groups is 1. The molecule has 2 heterocycles. The van der Waals surface area contributed by atoms with Crippen molar-refractivity contribution in [2.45, 2.75) is 32.2 Å². The van der Waals surface area contributed by atoms with Crippen LogP contribution in [0, 0.1) is 32.8 Å². The van der Waals surface area contributed by atoms with Crippen molar-refractivity contribution in [1.82, 2.24) is 14.3 Å². The minimum Gasteiger partial charge on any atom is -0.492 e. The number of aromatic hydroxyl groups is 1. The normalized spacial score (nSPS) is 13.6. The van der Waals surface area contributed by atoms with E-state index in [9.17, 15) is 25.3 Å². The molecule has 0 aliphatic heterocycles. The van der Waals surface area contributed by atoms with Gasteiger partial charge in [-0.2, -0.15) is 9.64 Å². The van der Waals surface area contributed by atoms with Crippen LogP contribution in [0.25, 0.3) is 10.9 Å². The summed E-state index contributed by atoms with van der Waals surface area (Å²) in [4.78, 5) is 24.6. The molecule has 12 heteroatoms. The fourth-order valence-electron chi connectivity index (χ4n) is 4.40. The van der Waals surface area contributed by atoms with Crippen LogP contribution in [0.5, 0.6) is 5.88 Å². The van der Waals surface area contributed by atoms with Crippen molar-refractivity contribution in [2.24, 2.45) is 5.92 Å². The van der Waals surface area contributed by atoms with Crippen molar-refractivity contribution in [1.29, 1.82) is 10.7 Å². The number of fused-ring (bicyclic) bond motifs is 1. The van der Waals surface area contributed by atoms with E-state index in [-0.39, 0.29) is 28.9 Å². The van der Waals surface area contributed by atoms with E-state index in [1.807, 2.05) is 13.0 Å². The molecule has 0 spiro atoms. The number of hydrogen-bond acceptors (Lipinski definition) is 9. The average molecular weight is 530 g/mol. The molecule has 192 valence electrons. The summed E-state index contributed by atoms with van der Waals surface area (Å²) in [6, 6.07) is 12.8. The number of hydrogen-bond donors (Lipinski definition) is 4. The Kier molecular flexibility index (Phi) is 6.52. The molecule has 1 fully saturated rings. The second kappa shape index (κ2) is 9.95. The third-order valence-electron chi connectivity index (χ3n) is 6.42. The number of amidine groups is 1. The third kappa shape index (κ3) is 4.91. The number of nitriles is 1. The van der Waals surface area contributed by atoms with Gasteiger partial charge in [-0.05, 0) is 61.1 Å². The Labute approximate surface area is 221 Å². The van der Waals surface area contributed by atoms with Crippen LogP contribution >= 0.6 is 11.5 Å². The minimum atomic E-state index is -0.640. The third-order valence-corrected chi connectivity index (χ3v) is 7.18. The average Bonchev–Trinajstić information content (AvgIpc) is 3.48. The zero-order valence-electron chi connectivity index (χ0n) is 20.3. The summed E-state index contributed by atoms with van der Waals surface area (Å²) in [6.45, 7) is 1.98. The van der Waals surface area contributed by atoms with Gasteiger partial charge < -0.3 is 15.7 Å². The van der Waals surface area contributed by atoms with Gasteiger partial charge in [-0.25, -0.2) is 0 Å². The molecule has 0 saturated heterocycles. The Bertz CT molecular complexity index is 1630. The number of nitrogens with one attached hydrogen (secondary N) is 3. The van der Waals surface area contributed by atoms with E-state index in [2.05, 4.69) is 15.0 Å². The van der Waals surface area contributed by atoms with Gasteiger partial charge in [0.25, 0.3) is 11.6 Å². The van der Waals surface area contributed by atoms with Crippen LogP contribution in [0.15, 0.2) is 48.7 Å². The van der Waals surface area contributed by atoms with Crippen LogP contribution in [0.2, 0.25) is 0 Å². The molecule has 1 atom stereocenters. The van der Waals surface area contributed by atoms with Gasteiger partial charge in [-0.3, -0.25) is 24.9 Å². The largest absolute Gasteiger partial charge is 0.492 e. The molecule has 4 N–H and O–H groups in total. The first-order chi connectivity index (χ1) is 18.2. The predicted octanol–water partition coefficient (Wildman–Crippen LogP) is 5.12. The SMILES string of the molecule is CC(CC1CC1)NC(=N)c1c(O)nsc1Nc1ccc(C(=O)n2ccc3ccc(C#N)cc32)c([N+](=O)[O-])c1. The maximum absolute atomic E-state index is 13.3. The van der Waals surface area contributed by atoms with E-state index in [4.69, 9.17) is 5.41 Å². The molecule has 0 amide bonds. The topological polar surface area (TPSA) is 170 Å². The number of nitro groups is 1. The zero-order valence-corrected chi connectivity index (χ0v) is 21.1. The lowest BCUT2D eigenvalue weighted by molar-refractivity contribution is -0.385. The molecule has 0 radical (unpaired) electrons. The van der Waals surface area contributed by atoms with Gasteiger partial charge in [0.1, 0.15) is 22.0 Å². The molecule has 38 heavy (non-hydrogen) atoms. The standard InChI is InChI=1S/C26H23N7O4S/c1-14(10-15-2-3-15)29-23(28)22-24(34)31-38-25(22)30-18-6-7-19(21(12-18)33(36)37)26(35)32-9-8-17-5-4-16(13-27)11-20(17)32/h4-9,11-12,14-15,30H,2-3,10H2,1H3,(H2,28,29)(H,31,34). The zero-order chi connectivity index (χ0) is 27.0. The first-order valence-electron chi connectivity index (χ1n) is 11.9. The lowest BCUT2D eigenvalue weighted by Crippen LogP contribution is -2.33. The van der Waals surface area contributed by atoms with E-state index in [1.165, 1.54) is 41.8 Å². The molecule has 5 rings (SSSR count). The highest BCUT2D eigenvalue weighted by Crippen LogP contribution is 2.36. The van der Waals surface area contributed by atoms with Crippen molar-refractivity contribution < 1.29 is 14.8 Å². The molecule has 11 nitrogen and oxygen atoms in total. The number of aromatic nitrogens is 2. The number of nitro benzene ring substituents is 1. The lowest BCUT2D eigenvalue weighted by Gasteiger charge is -2.16. The molecule has 2 aromatic carbocycles. The second-order valence-corrected chi connectivity index (χ2v) is 10.1. The maximum atomic E-state index is 13.3. The van der Waals surface area contributed by atoms with Crippen LogP contribution in [0.3, 0.4) is 0 Å². The van der Waals surface area contributed by atoms with Gasteiger partial charge >= 0.3 is 0 Å². The Morgan fingerprint density at radius 2 is 2.13 bits per heavy atom. The van der Waals surface area contributed by atoms with Gasteiger partial charge in [-0.1, -0.05) is 18.9 Å². The molecule has 2 aromatic heterocycles. The van der Waals surface area contributed by atoms with E-state index < -0.39 is 16.5 Å². The molecule has 1 aliphatic rings. The molecule has 1 saturated carbocycles. The fraction of sp³-hybridized carbons (Fsp3) is 0.231. The molecular formula is C26H23N7O4S. The summed E-state index contributed by atoms with van der Waals surface area (Å²) in [5.74, 6) is -0.257. The quantitative estimate of drug-likeness (QED) is 0.105. The van der Waals surface area contributed by atoms with Gasteiger partial charge in [0, 0.05) is 29.4 Å². The highest BCUT2D eigenvalue weighted by Gasteiger charge is 2.27. The second-order valence-electron chi connectivity index (χ2n) is 9.30. The molecule has 1 aliphatic carbocycles. The summed E-state index contributed by atoms with van der Waals surface area (Å²) in [7, 11) is 0. The molecule has 4 aromatic rings. The van der Waals surface area contributed by atoms with Gasteiger partial charge in [0.2, 0.25) is 5.88 Å². The van der Waals surface area contributed by atoms with Crippen molar-refractivity contribution in [3.8, 4) is 11.9 Å². The highest BCUT2D eigenvalue weighted by atomic mass is 32.1. The van der Waals surface area contributed by atoms with E-state index in [0.29, 0.717) is 27.7 Å². The van der Waals surface area contributed by atoms with Gasteiger partial charge in [-0.15, -0.1) is 0 Å². The molecular weight excluding hydrogens is 506 g/mol. The number of benzene rings is 2. The smallest absolute Gasteiger partial charge is 0.284 e. The number of carbonyl (C=O) groups excluding carboxylic acids is 1. The molecule has 1 unspecified atom stereocenters. The van der Waals surface area contributed by atoms with Crippen LogP contribution in [0.4, 0.5) is 16.4 Å². The monoisotopic (exact) mass is 529 g/mol. The Balaban J connectivity index is 1.42. The van der Waals surface area contributed by atoms with Crippen molar-refractivity contribution in [3.63, 3.8) is 0 Å². The van der Waals surface area contributed by atoms with Gasteiger partial charge in [0.15, 0.2) is 0 Å². The first-order valence-corrected chi connectivity index (χ1v) is 12.7.